The van der Waals surface area contributed by atoms with E-state index < -0.39 is 0 Å². The summed E-state index contributed by atoms with van der Waals surface area (Å²) < 4.78 is 5.56. The summed E-state index contributed by atoms with van der Waals surface area (Å²) in [6.45, 7) is 0.810. The van der Waals surface area contributed by atoms with E-state index in [0.717, 1.165) is 43.6 Å². The number of ether oxygens (including phenoxy) is 1. The van der Waals surface area contributed by atoms with Crippen LogP contribution in [0.4, 0.5) is 0 Å². The molecular formula is C13H13NO2. The first-order valence-corrected chi connectivity index (χ1v) is 5.69. The van der Waals surface area contributed by atoms with Gasteiger partial charge in [-0.1, -0.05) is 6.07 Å². The fourth-order valence-electron chi connectivity index (χ4n) is 2.32. The minimum absolute atomic E-state index is 0.256. The van der Waals surface area contributed by atoms with E-state index in [1.807, 2.05) is 12.1 Å². The molecule has 1 saturated carbocycles. The van der Waals surface area contributed by atoms with Crippen molar-refractivity contribution in [1.29, 1.82) is 0 Å². The zero-order chi connectivity index (χ0) is 11.0. The van der Waals surface area contributed by atoms with Gasteiger partial charge in [0.1, 0.15) is 5.75 Å². The second kappa shape index (κ2) is 3.46. The average molecular weight is 215 g/mol. The second-order valence-corrected chi connectivity index (χ2v) is 4.51. The van der Waals surface area contributed by atoms with Crippen LogP contribution in [0.5, 0.6) is 5.75 Å². The molecule has 0 unspecified atom stereocenters. The van der Waals surface area contributed by atoms with Crippen LogP contribution in [-0.4, -0.2) is 12.7 Å². The van der Waals surface area contributed by atoms with Gasteiger partial charge < -0.3 is 4.74 Å². The van der Waals surface area contributed by atoms with E-state index in [1.54, 1.807) is 6.08 Å². The number of aliphatic imine (C=N–C) groups is 1. The topological polar surface area (TPSA) is 38.7 Å². The van der Waals surface area contributed by atoms with Crippen LogP contribution < -0.4 is 4.74 Å². The van der Waals surface area contributed by atoms with Gasteiger partial charge in [-0.15, -0.1) is 0 Å². The predicted octanol–water partition coefficient (Wildman–Crippen LogP) is 2.34. The largest absolute Gasteiger partial charge is 0.493 e. The first-order valence-electron chi connectivity index (χ1n) is 5.69. The first kappa shape index (κ1) is 9.61. The van der Waals surface area contributed by atoms with Gasteiger partial charge in [0.2, 0.25) is 6.08 Å². The molecule has 0 radical (unpaired) electrons. The molecular weight excluding hydrogens is 202 g/mol. The number of carbonyl (C=O) groups excluding carboxylic acids is 1. The van der Waals surface area contributed by atoms with Crippen LogP contribution in [0.25, 0.3) is 0 Å². The van der Waals surface area contributed by atoms with E-state index in [1.165, 1.54) is 5.56 Å². The standard InChI is InChI=1S/C13H13NO2/c15-9-14-13(5-6-13)11-3-4-12-10(8-11)2-1-7-16-12/h3-4,8H,1-2,5-7H2. The second-order valence-electron chi connectivity index (χ2n) is 4.51. The molecule has 1 fully saturated rings. The molecule has 1 aliphatic heterocycles. The first-order chi connectivity index (χ1) is 7.84. The molecule has 2 aliphatic rings. The highest BCUT2D eigenvalue weighted by molar-refractivity contribution is 5.46. The van der Waals surface area contributed by atoms with Crippen molar-refractivity contribution in [3.63, 3.8) is 0 Å². The molecule has 0 bridgehead atoms. The Bertz CT molecular complexity index is 471. The molecule has 0 saturated heterocycles. The summed E-state index contributed by atoms with van der Waals surface area (Å²) in [5.74, 6) is 0.987. The Labute approximate surface area is 94.1 Å². The van der Waals surface area contributed by atoms with Gasteiger partial charge in [-0.3, -0.25) is 0 Å². The van der Waals surface area contributed by atoms with Crippen molar-refractivity contribution in [2.75, 3.05) is 6.61 Å². The third-order valence-corrected chi connectivity index (χ3v) is 3.43. The fraction of sp³-hybridized carbons (Fsp3) is 0.462. The van der Waals surface area contributed by atoms with Crippen LogP contribution in [-0.2, 0) is 16.8 Å². The Hall–Kier alpha value is -1.60. The van der Waals surface area contributed by atoms with E-state index in [2.05, 4.69) is 11.1 Å². The highest BCUT2D eigenvalue weighted by Gasteiger charge is 2.45. The quantitative estimate of drug-likeness (QED) is 0.561. The number of fused-ring (bicyclic) bond motifs is 1. The van der Waals surface area contributed by atoms with Crippen LogP contribution >= 0.6 is 0 Å². The normalized spacial score (nSPS) is 20.2. The maximum Gasteiger partial charge on any atom is 0.235 e. The number of isocyanates is 1. The van der Waals surface area contributed by atoms with E-state index in [9.17, 15) is 4.79 Å². The Morgan fingerprint density at radius 2 is 2.25 bits per heavy atom. The molecule has 0 atom stereocenters. The van der Waals surface area contributed by atoms with E-state index in [4.69, 9.17) is 4.74 Å². The number of hydrogen-bond donors (Lipinski definition) is 0. The number of nitrogens with zero attached hydrogens (tertiary/aromatic N) is 1. The van der Waals surface area contributed by atoms with Gasteiger partial charge in [-0.2, -0.15) is 4.99 Å². The van der Waals surface area contributed by atoms with Crippen LogP contribution in [0.2, 0.25) is 0 Å². The monoisotopic (exact) mass is 215 g/mol. The van der Waals surface area contributed by atoms with Crippen LogP contribution in [0.1, 0.15) is 30.4 Å². The van der Waals surface area contributed by atoms with E-state index >= 15 is 0 Å². The molecule has 3 heteroatoms. The van der Waals surface area contributed by atoms with Crippen LogP contribution in [0.3, 0.4) is 0 Å². The summed E-state index contributed by atoms with van der Waals surface area (Å²) in [6.07, 6.45) is 5.74. The fourth-order valence-corrected chi connectivity index (χ4v) is 2.32. The summed E-state index contributed by atoms with van der Waals surface area (Å²) >= 11 is 0. The van der Waals surface area contributed by atoms with Gasteiger partial charge in [0.05, 0.1) is 12.1 Å². The van der Waals surface area contributed by atoms with Gasteiger partial charge in [0.15, 0.2) is 0 Å². The van der Waals surface area contributed by atoms with Crippen LogP contribution in [0, 0.1) is 0 Å². The number of benzene rings is 1. The molecule has 0 spiro atoms. The average Bonchev–Trinajstić information content (AvgIpc) is 3.10. The van der Waals surface area contributed by atoms with Crippen LogP contribution in [0.15, 0.2) is 23.2 Å². The summed E-state index contributed by atoms with van der Waals surface area (Å²) in [7, 11) is 0. The van der Waals surface area contributed by atoms with Gasteiger partial charge >= 0.3 is 0 Å². The predicted molar refractivity (Wildman–Crippen MR) is 59.3 cm³/mol. The van der Waals surface area contributed by atoms with Crippen molar-refractivity contribution < 1.29 is 9.53 Å². The smallest absolute Gasteiger partial charge is 0.235 e. The number of aryl methyl sites for hydroxylation is 1. The van der Waals surface area contributed by atoms with Crippen molar-refractivity contribution >= 4 is 6.08 Å². The molecule has 0 N–H and O–H groups in total. The lowest BCUT2D eigenvalue weighted by atomic mass is 9.98. The van der Waals surface area contributed by atoms with E-state index in [-0.39, 0.29) is 5.54 Å². The molecule has 1 aromatic carbocycles. The summed E-state index contributed by atoms with van der Waals surface area (Å²) in [6, 6.07) is 6.17. The highest BCUT2D eigenvalue weighted by Crippen LogP contribution is 2.50. The molecule has 16 heavy (non-hydrogen) atoms. The Kier molecular flexibility index (Phi) is 2.08. The molecule has 1 aromatic rings. The molecule has 1 aliphatic carbocycles. The minimum Gasteiger partial charge on any atom is -0.493 e. The molecule has 3 rings (SSSR count). The van der Waals surface area contributed by atoms with Crippen molar-refractivity contribution in [2.24, 2.45) is 4.99 Å². The summed E-state index contributed by atoms with van der Waals surface area (Å²) in [5.41, 5.74) is 2.13. The van der Waals surface area contributed by atoms with Crippen molar-refractivity contribution in [3.05, 3.63) is 29.3 Å². The van der Waals surface area contributed by atoms with Gasteiger partial charge in [0.25, 0.3) is 0 Å². The Balaban J connectivity index is 2.00. The van der Waals surface area contributed by atoms with Gasteiger partial charge in [-0.05, 0) is 48.9 Å². The lowest BCUT2D eigenvalue weighted by molar-refractivity contribution is 0.288. The number of hydrogen-bond acceptors (Lipinski definition) is 3. The minimum atomic E-state index is -0.256. The van der Waals surface area contributed by atoms with Crippen molar-refractivity contribution in [3.8, 4) is 5.75 Å². The number of rotatable bonds is 2. The maximum atomic E-state index is 10.4. The van der Waals surface area contributed by atoms with Gasteiger partial charge in [0, 0.05) is 0 Å². The molecule has 0 amide bonds. The molecule has 82 valence electrons. The third kappa shape index (κ3) is 1.44. The highest BCUT2D eigenvalue weighted by atomic mass is 16.5. The summed E-state index contributed by atoms with van der Waals surface area (Å²) in [5, 5.41) is 0. The van der Waals surface area contributed by atoms with Gasteiger partial charge in [-0.25, -0.2) is 4.79 Å². The molecule has 0 aromatic heterocycles. The zero-order valence-electron chi connectivity index (χ0n) is 9.03. The molecule has 3 nitrogen and oxygen atoms in total. The van der Waals surface area contributed by atoms with Crippen molar-refractivity contribution in [1.82, 2.24) is 0 Å². The Morgan fingerprint density at radius 1 is 1.38 bits per heavy atom. The molecule has 1 heterocycles. The zero-order valence-corrected chi connectivity index (χ0v) is 9.03. The summed E-state index contributed by atoms with van der Waals surface area (Å²) in [4.78, 5) is 14.3. The lowest BCUT2D eigenvalue weighted by Crippen LogP contribution is -2.10. The third-order valence-electron chi connectivity index (χ3n) is 3.43. The van der Waals surface area contributed by atoms with E-state index in [0.29, 0.717) is 0 Å². The lowest BCUT2D eigenvalue weighted by Gasteiger charge is -2.19. The SMILES string of the molecule is O=C=NC1(c2ccc3c(c2)CCCO3)CC1. The maximum absolute atomic E-state index is 10.4. The van der Waals surface area contributed by atoms with Crippen molar-refractivity contribution in [2.45, 2.75) is 31.2 Å². The Morgan fingerprint density at radius 3 is 3.00 bits per heavy atom.